The third kappa shape index (κ3) is 1.83. The minimum atomic E-state index is -0.900. The zero-order chi connectivity index (χ0) is 16.0. The third-order valence-corrected chi connectivity index (χ3v) is 7.11. The Morgan fingerprint density at radius 1 is 1.14 bits per heavy atom. The Bertz CT molecular complexity index is 633. The van der Waals surface area contributed by atoms with E-state index in [9.17, 15) is 10.5 Å². The minimum absolute atomic E-state index is 0.0951. The van der Waals surface area contributed by atoms with E-state index in [1.54, 1.807) is 0 Å². The zero-order valence-corrected chi connectivity index (χ0v) is 13.8. The van der Waals surface area contributed by atoms with Gasteiger partial charge in [0.2, 0.25) is 0 Å². The maximum absolute atomic E-state index is 9.94. The summed E-state index contributed by atoms with van der Waals surface area (Å²) in [6.07, 6.45) is 3.97. The molecule has 0 aliphatic heterocycles. The second-order valence-electron chi connectivity index (χ2n) is 8.02. The van der Waals surface area contributed by atoms with E-state index in [1.165, 1.54) is 6.42 Å². The van der Waals surface area contributed by atoms with Gasteiger partial charge in [0, 0.05) is 6.42 Å². The van der Waals surface area contributed by atoms with Crippen molar-refractivity contribution >= 4 is 0 Å². The molecule has 0 radical (unpaired) electrons. The Hall–Kier alpha value is -1.80. The summed E-state index contributed by atoms with van der Waals surface area (Å²) in [5.41, 5.74) is 0.517. The maximum Gasteiger partial charge on any atom is 0.151 e. The van der Waals surface area contributed by atoms with Crippen LogP contribution in [0.5, 0.6) is 0 Å². The van der Waals surface area contributed by atoms with Crippen molar-refractivity contribution in [2.45, 2.75) is 46.5 Å². The van der Waals surface area contributed by atoms with E-state index in [0.717, 1.165) is 18.4 Å². The van der Waals surface area contributed by atoms with Crippen LogP contribution in [0.1, 0.15) is 45.6 Å². The van der Waals surface area contributed by atoms with Gasteiger partial charge in [-0.1, -0.05) is 51.1 Å². The van der Waals surface area contributed by atoms with Crippen molar-refractivity contribution in [1.82, 2.24) is 0 Å². The highest BCUT2D eigenvalue weighted by Gasteiger charge is 2.66. The summed E-state index contributed by atoms with van der Waals surface area (Å²) in [6.45, 7) is 7.00. The van der Waals surface area contributed by atoms with E-state index in [4.69, 9.17) is 0 Å². The number of hydrogen-bond donors (Lipinski definition) is 0. The topological polar surface area (TPSA) is 47.6 Å². The highest BCUT2D eigenvalue weighted by Crippen LogP contribution is 2.71. The van der Waals surface area contributed by atoms with Gasteiger partial charge in [-0.05, 0) is 47.5 Å². The van der Waals surface area contributed by atoms with E-state index < -0.39 is 5.41 Å². The Morgan fingerprint density at radius 3 is 2.23 bits per heavy atom. The van der Waals surface area contributed by atoms with Crippen LogP contribution in [0.25, 0.3) is 0 Å². The lowest BCUT2D eigenvalue weighted by molar-refractivity contribution is 0.0591. The van der Waals surface area contributed by atoms with Crippen molar-refractivity contribution in [3.05, 3.63) is 35.9 Å². The largest absolute Gasteiger partial charge is 0.197 e. The van der Waals surface area contributed by atoms with Gasteiger partial charge < -0.3 is 0 Å². The molecule has 2 aliphatic rings. The maximum atomic E-state index is 9.94. The number of fused-ring (bicyclic) bond motifs is 2. The van der Waals surface area contributed by atoms with Gasteiger partial charge in [-0.25, -0.2) is 0 Å². The molecule has 2 aliphatic carbocycles. The molecule has 2 nitrogen and oxygen atoms in total. The van der Waals surface area contributed by atoms with Crippen LogP contribution in [0.3, 0.4) is 0 Å². The summed E-state index contributed by atoms with van der Waals surface area (Å²) in [5, 5.41) is 19.9. The molecule has 0 spiro atoms. The molecule has 0 aromatic heterocycles. The Kier molecular flexibility index (Phi) is 3.33. The summed E-state index contributed by atoms with van der Waals surface area (Å²) < 4.78 is 0. The molecule has 2 bridgehead atoms. The molecule has 2 fully saturated rings. The standard InChI is InChI=1S/C20H24N2/c1-18(2)16-9-10-19(18,3)17(11-16)20(13-21,14-22)12-15-7-5-4-6-8-15/h4-8,16-17H,9-12H2,1-3H3/t16-,17+,19+/m0/s1. The Balaban J connectivity index is 2.00. The van der Waals surface area contributed by atoms with Crippen LogP contribution in [0, 0.1) is 50.7 Å². The monoisotopic (exact) mass is 292 g/mol. The lowest BCUT2D eigenvalue weighted by Gasteiger charge is -2.44. The molecule has 3 rings (SSSR count). The third-order valence-electron chi connectivity index (χ3n) is 7.11. The summed E-state index contributed by atoms with van der Waals surface area (Å²) in [7, 11) is 0. The highest BCUT2D eigenvalue weighted by atomic mass is 14.7. The second kappa shape index (κ2) is 4.85. The number of nitrogens with zero attached hydrogens (tertiary/aromatic N) is 2. The van der Waals surface area contributed by atoms with Gasteiger partial charge in [0.1, 0.15) is 0 Å². The fourth-order valence-electron chi connectivity index (χ4n) is 5.25. The quantitative estimate of drug-likeness (QED) is 0.809. The van der Waals surface area contributed by atoms with Gasteiger partial charge in [0.25, 0.3) is 0 Å². The van der Waals surface area contributed by atoms with Crippen LogP contribution < -0.4 is 0 Å². The zero-order valence-electron chi connectivity index (χ0n) is 13.8. The molecule has 2 heteroatoms. The van der Waals surface area contributed by atoms with E-state index in [1.807, 2.05) is 30.3 Å². The predicted molar refractivity (Wildman–Crippen MR) is 86.5 cm³/mol. The van der Waals surface area contributed by atoms with Gasteiger partial charge in [-0.3, -0.25) is 0 Å². The molecule has 114 valence electrons. The summed E-state index contributed by atoms with van der Waals surface area (Å²) in [6, 6.07) is 14.9. The smallest absolute Gasteiger partial charge is 0.151 e. The molecule has 0 amide bonds. The molecule has 0 N–H and O–H groups in total. The highest BCUT2D eigenvalue weighted by molar-refractivity contribution is 5.30. The van der Waals surface area contributed by atoms with Crippen LogP contribution in [-0.2, 0) is 6.42 Å². The molecule has 1 aromatic carbocycles. The number of rotatable bonds is 3. The number of hydrogen-bond acceptors (Lipinski definition) is 2. The summed E-state index contributed by atoms with van der Waals surface area (Å²) in [4.78, 5) is 0. The van der Waals surface area contributed by atoms with Crippen LogP contribution >= 0.6 is 0 Å². The molecule has 22 heavy (non-hydrogen) atoms. The number of nitriles is 2. The molecule has 0 heterocycles. The average Bonchev–Trinajstić information content (AvgIpc) is 2.87. The van der Waals surface area contributed by atoms with Gasteiger partial charge in [0.05, 0.1) is 12.1 Å². The van der Waals surface area contributed by atoms with Crippen LogP contribution in [0.4, 0.5) is 0 Å². The van der Waals surface area contributed by atoms with Gasteiger partial charge >= 0.3 is 0 Å². The van der Waals surface area contributed by atoms with Gasteiger partial charge in [0.15, 0.2) is 5.41 Å². The van der Waals surface area contributed by atoms with Gasteiger partial charge in [-0.15, -0.1) is 0 Å². The second-order valence-corrected chi connectivity index (χ2v) is 8.02. The molecule has 0 unspecified atom stereocenters. The van der Waals surface area contributed by atoms with E-state index in [-0.39, 0.29) is 16.7 Å². The molecule has 3 atom stereocenters. The fraction of sp³-hybridized carbons (Fsp3) is 0.600. The summed E-state index contributed by atoms with van der Waals surface area (Å²) >= 11 is 0. The van der Waals surface area contributed by atoms with Crippen molar-refractivity contribution in [2.75, 3.05) is 0 Å². The predicted octanol–water partition coefficient (Wildman–Crippen LogP) is 4.73. The lowest BCUT2D eigenvalue weighted by Crippen LogP contribution is -2.42. The first-order valence-electron chi connectivity index (χ1n) is 8.26. The van der Waals surface area contributed by atoms with E-state index in [0.29, 0.717) is 12.3 Å². The van der Waals surface area contributed by atoms with E-state index >= 15 is 0 Å². The molecule has 0 saturated heterocycles. The van der Waals surface area contributed by atoms with E-state index in [2.05, 4.69) is 32.9 Å². The van der Waals surface area contributed by atoms with Gasteiger partial charge in [-0.2, -0.15) is 10.5 Å². The minimum Gasteiger partial charge on any atom is -0.197 e. The summed E-state index contributed by atoms with van der Waals surface area (Å²) in [5.74, 6) is 0.823. The normalized spacial score (nSPS) is 32.4. The molecule has 1 aromatic rings. The fourth-order valence-corrected chi connectivity index (χ4v) is 5.25. The van der Waals surface area contributed by atoms with Crippen LogP contribution in [0.2, 0.25) is 0 Å². The van der Waals surface area contributed by atoms with Crippen LogP contribution in [0.15, 0.2) is 30.3 Å². The Labute approximate surface area is 133 Å². The number of benzene rings is 1. The Morgan fingerprint density at radius 2 is 1.77 bits per heavy atom. The molecular formula is C20H24N2. The van der Waals surface area contributed by atoms with Crippen molar-refractivity contribution in [1.29, 1.82) is 10.5 Å². The van der Waals surface area contributed by atoms with Crippen molar-refractivity contribution in [3.63, 3.8) is 0 Å². The first-order chi connectivity index (χ1) is 10.4. The lowest BCUT2D eigenvalue weighted by atomic mass is 9.57. The van der Waals surface area contributed by atoms with Crippen molar-refractivity contribution < 1.29 is 0 Å². The molecule has 2 saturated carbocycles. The molecular weight excluding hydrogens is 268 g/mol. The van der Waals surface area contributed by atoms with Crippen molar-refractivity contribution in [3.8, 4) is 12.1 Å². The van der Waals surface area contributed by atoms with Crippen LogP contribution in [-0.4, -0.2) is 0 Å². The first-order valence-corrected chi connectivity index (χ1v) is 8.26. The average molecular weight is 292 g/mol. The SMILES string of the molecule is CC1(C)[C@H]2CC[C@]1(C)[C@H](C(C#N)(C#N)Cc1ccccc1)C2. The van der Waals surface area contributed by atoms with Crippen molar-refractivity contribution in [2.24, 2.45) is 28.1 Å². The first kappa shape index (κ1) is 15.1.